The van der Waals surface area contributed by atoms with E-state index in [1.807, 2.05) is 11.3 Å². The van der Waals surface area contributed by atoms with E-state index < -0.39 is 0 Å². The molecule has 55 heavy (non-hydrogen) atoms. The fourth-order valence-corrected chi connectivity index (χ4v) is 9.60. The second-order valence-electron chi connectivity index (χ2n) is 14.1. The molecule has 0 N–H and O–H groups in total. The molecule has 0 radical (unpaired) electrons. The predicted molar refractivity (Wildman–Crippen MR) is 237 cm³/mol. The smallest absolute Gasteiger partial charge is 0.0547 e. The quantitative estimate of drug-likeness (QED) is 0.166. The summed E-state index contributed by atoms with van der Waals surface area (Å²) in [6.45, 7) is 0. The van der Waals surface area contributed by atoms with Crippen molar-refractivity contribution < 1.29 is 0 Å². The van der Waals surface area contributed by atoms with Crippen LogP contribution in [0.2, 0.25) is 0 Å². The molecule has 0 amide bonds. The van der Waals surface area contributed by atoms with Crippen molar-refractivity contribution in [1.82, 2.24) is 4.57 Å². The lowest BCUT2D eigenvalue weighted by molar-refractivity contribution is 1.19. The van der Waals surface area contributed by atoms with Crippen LogP contribution in [0.4, 0.5) is 17.1 Å². The first-order valence-corrected chi connectivity index (χ1v) is 19.6. The largest absolute Gasteiger partial charge is 0.310 e. The van der Waals surface area contributed by atoms with Gasteiger partial charge >= 0.3 is 0 Å². The summed E-state index contributed by atoms with van der Waals surface area (Å²) in [6, 6.07) is 75.2. The van der Waals surface area contributed by atoms with E-state index in [1.165, 1.54) is 80.7 Å². The van der Waals surface area contributed by atoms with Gasteiger partial charge in [0.25, 0.3) is 0 Å². The summed E-state index contributed by atoms with van der Waals surface area (Å²) >= 11 is 1.86. The predicted octanol–water partition coefficient (Wildman–Crippen LogP) is 15.1. The summed E-state index contributed by atoms with van der Waals surface area (Å²) in [6.07, 6.45) is 0. The number of benzene rings is 9. The monoisotopic (exact) mass is 718 g/mol. The van der Waals surface area contributed by atoms with Crippen molar-refractivity contribution in [1.29, 1.82) is 0 Å². The van der Waals surface area contributed by atoms with Gasteiger partial charge in [0.05, 0.1) is 16.7 Å². The Bertz CT molecular complexity index is 3150. The Morgan fingerprint density at radius 3 is 1.73 bits per heavy atom. The summed E-state index contributed by atoms with van der Waals surface area (Å²) in [7, 11) is 0. The van der Waals surface area contributed by atoms with Gasteiger partial charge in [0.1, 0.15) is 0 Å². The van der Waals surface area contributed by atoms with E-state index in [4.69, 9.17) is 0 Å². The molecule has 0 saturated heterocycles. The molecule has 2 nitrogen and oxygen atoms in total. The minimum Gasteiger partial charge on any atom is -0.310 e. The molecule has 0 aliphatic rings. The molecule has 2 heterocycles. The molecule has 0 aliphatic carbocycles. The second kappa shape index (κ2) is 12.9. The highest BCUT2D eigenvalue weighted by molar-refractivity contribution is 7.25. The molecule has 11 aromatic rings. The third kappa shape index (κ3) is 5.24. The lowest BCUT2D eigenvalue weighted by Crippen LogP contribution is -2.10. The Labute approximate surface area is 323 Å². The molecule has 258 valence electrons. The van der Waals surface area contributed by atoms with E-state index in [0.29, 0.717) is 0 Å². The van der Waals surface area contributed by atoms with E-state index in [9.17, 15) is 0 Å². The zero-order valence-electron chi connectivity index (χ0n) is 29.9. The number of aromatic nitrogens is 1. The molecule has 3 heteroatoms. The number of hydrogen-bond acceptors (Lipinski definition) is 2. The molecular formula is C52H34N2S. The van der Waals surface area contributed by atoms with Gasteiger partial charge < -0.3 is 9.47 Å². The first-order valence-electron chi connectivity index (χ1n) is 18.8. The Balaban J connectivity index is 1.10. The number of hydrogen-bond donors (Lipinski definition) is 0. The maximum Gasteiger partial charge on any atom is 0.0547 e. The highest BCUT2D eigenvalue weighted by Gasteiger charge is 2.20. The van der Waals surface area contributed by atoms with Crippen molar-refractivity contribution in [3.63, 3.8) is 0 Å². The van der Waals surface area contributed by atoms with Crippen LogP contribution in [0.1, 0.15) is 0 Å². The number of fused-ring (bicyclic) bond motifs is 7. The van der Waals surface area contributed by atoms with Gasteiger partial charge in [-0.3, -0.25) is 0 Å². The molecule has 0 aliphatic heterocycles. The van der Waals surface area contributed by atoms with Crippen molar-refractivity contribution in [3.05, 3.63) is 206 Å². The van der Waals surface area contributed by atoms with E-state index in [2.05, 4.69) is 216 Å². The zero-order valence-corrected chi connectivity index (χ0v) is 30.7. The lowest BCUT2D eigenvalue weighted by atomic mass is 9.95. The van der Waals surface area contributed by atoms with Crippen LogP contribution in [0.3, 0.4) is 0 Å². The zero-order chi connectivity index (χ0) is 36.3. The van der Waals surface area contributed by atoms with E-state index in [-0.39, 0.29) is 0 Å². The van der Waals surface area contributed by atoms with Crippen LogP contribution in [0.25, 0.3) is 80.7 Å². The molecule has 0 bridgehead atoms. The maximum atomic E-state index is 2.45. The number of para-hydroxylation sites is 2. The van der Waals surface area contributed by atoms with Crippen molar-refractivity contribution in [2.75, 3.05) is 4.90 Å². The van der Waals surface area contributed by atoms with Crippen LogP contribution in [-0.2, 0) is 0 Å². The summed E-state index contributed by atoms with van der Waals surface area (Å²) in [5.74, 6) is 0. The van der Waals surface area contributed by atoms with Gasteiger partial charge in [0.2, 0.25) is 0 Å². The van der Waals surface area contributed by atoms with Crippen LogP contribution in [0.5, 0.6) is 0 Å². The van der Waals surface area contributed by atoms with E-state index in [1.54, 1.807) is 0 Å². The number of thiophene rings is 1. The molecule has 11 rings (SSSR count). The van der Waals surface area contributed by atoms with Crippen molar-refractivity contribution in [2.45, 2.75) is 0 Å². The summed E-state index contributed by atoms with van der Waals surface area (Å²) in [5, 5.41) is 7.59. The first kappa shape index (κ1) is 31.6. The van der Waals surface area contributed by atoms with Crippen LogP contribution in [0.15, 0.2) is 206 Å². The molecule has 0 unspecified atom stereocenters. The molecule has 9 aromatic carbocycles. The maximum absolute atomic E-state index is 2.45. The van der Waals surface area contributed by atoms with E-state index >= 15 is 0 Å². The van der Waals surface area contributed by atoms with E-state index in [0.717, 1.165) is 17.1 Å². The molecule has 0 fully saturated rings. The lowest BCUT2D eigenvalue weighted by Gasteiger charge is -2.26. The molecular weight excluding hydrogens is 685 g/mol. The average Bonchev–Trinajstić information content (AvgIpc) is 3.80. The standard InChI is InChI=1S/C52H34N2S/c1-2-13-35(14-3-1)38-16-12-17-40(33-38)53(41-30-31-46-45-21-8-11-24-50(45)55-51(46)34-41)39-28-25-37(26-29-39)52-42-18-5-4-15-36(42)27-32-49(52)54-47-22-9-6-19-43(47)44-20-7-10-23-48(44)54/h1-34H. The summed E-state index contributed by atoms with van der Waals surface area (Å²) in [5.41, 5.74) is 11.7. The number of anilines is 3. The topological polar surface area (TPSA) is 8.17 Å². The van der Waals surface area contributed by atoms with Crippen molar-refractivity contribution in [2.24, 2.45) is 0 Å². The number of rotatable bonds is 6. The van der Waals surface area contributed by atoms with Crippen LogP contribution < -0.4 is 4.90 Å². The normalized spacial score (nSPS) is 11.6. The van der Waals surface area contributed by atoms with Gasteiger partial charge in [-0.1, -0.05) is 146 Å². The fourth-order valence-electron chi connectivity index (χ4n) is 8.47. The second-order valence-corrected chi connectivity index (χ2v) is 15.2. The first-order chi connectivity index (χ1) is 27.3. The van der Waals surface area contributed by atoms with Gasteiger partial charge in [-0.15, -0.1) is 11.3 Å². The highest BCUT2D eigenvalue weighted by Crippen LogP contribution is 2.44. The fraction of sp³-hybridized carbons (Fsp3) is 0. The van der Waals surface area contributed by atoms with Gasteiger partial charge in [0.15, 0.2) is 0 Å². The molecule has 2 aromatic heterocycles. The van der Waals surface area contributed by atoms with Gasteiger partial charge in [-0.05, 0) is 88.1 Å². The summed E-state index contributed by atoms with van der Waals surface area (Å²) < 4.78 is 5.04. The minimum atomic E-state index is 1.10. The SMILES string of the molecule is c1ccc(-c2cccc(N(c3ccc(-c4c(-n5c6ccccc6c6ccccc65)ccc5ccccc45)cc3)c3ccc4c(c3)sc3ccccc34)c2)cc1. The molecule has 0 spiro atoms. The van der Waals surface area contributed by atoms with Crippen LogP contribution in [0, 0.1) is 0 Å². The van der Waals surface area contributed by atoms with Crippen molar-refractivity contribution >= 4 is 81.1 Å². The highest BCUT2D eigenvalue weighted by atomic mass is 32.1. The Kier molecular flexibility index (Phi) is 7.39. The third-order valence-electron chi connectivity index (χ3n) is 11.0. The minimum absolute atomic E-state index is 1.10. The third-order valence-corrected chi connectivity index (χ3v) is 12.1. The van der Waals surface area contributed by atoms with Crippen molar-refractivity contribution in [3.8, 4) is 27.9 Å². The van der Waals surface area contributed by atoms with Gasteiger partial charge in [0, 0.05) is 53.6 Å². The van der Waals surface area contributed by atoms with Gasteiger partial charge in [-0.25, -0.2) is 0 Å². The number of nitrogens with zero attached hydrogens (tertiary/aromatic N) is 2. The Morgan fingerprint density at radius 2 is 0.945 bits per heavy atom. The summed E-state index contributed by atoms with van der Waals surface area (Å²) in [4.78, 5) is 2.40. The molecule has 0 saturated carbocycles. The van der Waals surface area contributed by atoms with Crippen LogP contribution >= 0.6 is 11.3 Å². The van der Waals surface area contributed by atoms with Gasteiger partial charge in [-0.2, -0.15) is 0 Å². The Hall–Kier alpha value is -6.94. The molecule has 0 atom stereocenters. The Morgan fingerprint density at radius 1 is 0.345 bits per heavy atom. The van der Waals surface area contributed by atoms with Crippen LogP contribution in [-0.4, -0.2) is 4.57 Å². The average molecular weight is 719 g/mol.